The van der Waals surface area contributed by atoms with Gasteiger partial charge in [0.1, 0.15) is 5.92 Å². The number of rotatable bonds is 11. The van der Waals surface area contributed by atoms with Crippen molar-refractivity contribution in [2.45, 2.75) is 19.1 Å². The molecule has 1 amide bonds. The number of carbonyl (C=O) groups excluding carboxylic acids is 3. The predicted octanol–water partition coefficient (Wildman–Crippen LogP) is 5.49. The van der Waals surface area contributed by atoms with Crippen LogP contribution in [0.15, 0.2) is 72.8 Å². The molecule has 0 aliphatic carbocycles. The van der Waals surface area contributed by atoms with Gasteiger partial charge < -0.3 is 25.0 Å². The number of ether oxygens (including phenoxy) is 2. The Kier molecular flexibility index (Phi) is 10.1. The van der Waals surface area contributed by atoms with Gasteiger partial charge in [0.05, 0.1) is 25.8 Å². The number of phenols is 2. The predicted molar refractivity (Wildman–Crippen MR) is 149 cm³/mol. The number of ketones is 2. The molecule has 0 fully saturated rings. The molecule has 1 unspecified atom stereocenters. The van der Waals surface area contributed by atoms with Gasteiger partial charge in [0.15, 0.2) is 34.6 Å². The Morgan fingerprint density at radius 2 is 1.24 bits per heavy atom. The fourth-order valence-electron chi connectivity index (χ4n) is 4.09. The van der Waals surface area contributed by atoms with E-state index in [2.05, 4.69) is 5.32 Å². The van der Waals surface area contributed by atoms with Gasteiger partial charge >= 0.3 is 6.18 Å². The van der Waals surface area contributed by atoms with Gasteiger partial charge in [-0.2, -0.15) is 13.2 Å². The normalized spacial score (nSPS) is 12.5. The quantitative estimate of drug-likeness (QED) is 0.202. The molecular formula is C31H28F3NO7. The Hall–Kier alpha value is -5.06. The summed E-state index contributed by atoms with van der Waals surface area (Å²) in [6.07, 6.45) is 0.331. The van der Waals surface area contributed by atoms with E-state index >= 15 is 0 Å². The lowest BCUT2D eigenvalue weighted by molar-refractivity contribution is -0.138. The summed E-state index contributed by atoms with van der Waals surface area (Å²) in [6.45, 7) is 1.15. The maximum atomic E-state index is 13.6. The standard InChI is InChI=1S/C31H28F3NO7/c1-18(36)35-30(21-8-10-22(11-9-21)31(32,33)34)29(25(39)14-6-19-4-12-23(37)27(16-19)41-2)26(40)15-7-20-5-13-24(38)28(17-20)42-3/h4-17,29-30,37-38H,1-3H3,(H,35,36)/b14-6+,15-7+. The second kappa shape index (κ2) is 13.5. The van der Waals surface area contributed by atoms with Gasteiger partial charge in [-0.25, -0.2) is 0 Å². The first kappa shape index (κ1) is 31.5. The van der Waals surface area contributed by atoms with E-state index in [1.165, 1.54) is 62.8 Å². The number of carbonyl (C=O) groups is 3. The van der Waals surface area contributed by atoms with Gasteiger partial charge in [0.25, 0.3) is 0 Å². The third-order valence-electron chi connectivity index (χ3n) is 6.19. The van der Waals surface area contributed by atoms with Gasteiger partial charge in [0.2, 0.25) is 5.91 Å². The van der Waals surface area contributed by atoms with Crippen molar-refractivity contribution in [3.8, 4) is 23.0 Å². The van der Waals surface area contributed by atoms with Gasteiger partial charge in [-0.15, -0.1) is 0 Å². The van der Waals surface area contributed by atoms with Gasteiger partial charge in [0, 0.05) is 6.92 Å². The molecule has 42 heavy (non-hydrogen) atoms. The fraction of sp³-hybridized carbons (Fsp3) is 0.194. The number of phenolic OH excluding ortho intramolecular Hbond substituents is 2. The number of hydrogen-bond acceptors (Lipinski definition) is 7. The van der Waals surface area contributed by atoms with Crippen LogP contribution in [0.4, 0.5) is 13.2 Å². The summed E-state index contributed by atoms with van der Waals surface area (Å²) in [5.41, 5.74) is 0.0525. The number of halogens is 3. The van der Waals surface area contributed by atoms with Crippen LogP contribution in [-0.2, 0) is 20.6 Å². The lowest BCUT2D eigenvalue weighted by Gasteiger charge is -2.25. The number of alkyl halides is 3. The maximum Gasteiger partial charge on any atom is 0.416 e. The van der Waals surface area contributed by atoms with Crippen molar-refractivity contribution >= 4 is 29.6 Å². The Balaban J connectivity index is 2.06. The number of hydrogen-bond donors (Lipinski definition) is 3. The van der Waals surface area contributed by atoms with Crippen molar-refractivity contribution in [1.82, 2.24) is 5.32 Å². The minimum absolute atomic E-state index is 0.101. The molecule has 3 rings (SSSR count). The summed E-state index contributed by atoms with van der Waals surface area (Å²) in [5, 5.41) is 22.2. The lowest BCUT2D eigenvalue weighted by atomic mass is 9.85. The molecule has 0 aromatic heterocycles. The molecule has 0 saturated heterocycles. The van der Waals surface area contributed by atoms with Crippen LogP contribution in [-0.4, -0.2) is 41.9 Å². The number of allylic oxidation sites excluding steroid dienone is 2. The Morgan fingerprint density at radius 3 is 1.62 bits per heavy atom. The van der Waals surface area contributed by atoms with Crippen LogP contribution in [0.2, 0.25) is 0 Å². The van der Waals surface area contributed by atoms with E-state index < -0.39 is 41.2 Å². The summed E-state index contributed by atoms with van der Waals surface area (Å²) in [4.78, 5) is 39.2. The summed E-state index contributed by atoms with van der Waals surface area (Å²) in [7, 11) is 2.70. The van der Waals surface area contributed by atoms with Crippen LogP contribution in [0.3, 0.4) is 0 Å². The molecule has 3 aromatic carbocycles. The van der Waals surface area contributed by atoms with Crippen LogP contribution >= 0.6 is 0 Å². The van der Waals surface area contributed by atoms with Crippen LogP contribution in [0.1, 0.15) is 35.2 Å². The Labute approximate surface area is 239 Å². The average Bonchev–Trinajstić information content (AvgIpc) is 2.95. The monoisotopic (exact) mass is 583 g/mol. The van der Waals surface area contributed by atoms with Crippen molar-refractivity contribution in [2.75, 3.05) is 14.2 Å². The molecule has 0 saturated carbocycles. The van der Waals surface area contributed by atoms with Crippen molar-refractivity contribution < 1.29 is 47.2 Å². The third kappa shape index (κ3) is 8.00. The molecule has 0 heterocycles. The summed E-state index contributed by atoms with van der Waals surface area (Å²) >= 11 is 0. The highest BCUT2D eigenvalue weighted by atomic mass is 19.4. The van der Waals surface area contributed by atoms with Crippen LogP contribution in [0.25, 0.3) is 12.2 Å². The van der Waals surface area contributed by atoms with E-state index in [0.29, 0.717) is 11.1 Å². The minimum atomic E-state index is -4.62. The van der Waals surface area contributed by atoms with E-state index in [0.717, 1.165) is 43.3 Å². The van der Waals surface area contributed by atoms with Gasteiger partial charge in [-0.1, -0.05) is 36.4 Å². The van der Waals surface area contributed by atoms with Crippen molar-refractivity contribution in [3.05, 3.63) is 95.1 Å². The smallest absolute Gasteiger partial charge is 0.416 e. The van der Waals surface area contributed by atoms with E-state index in [-0.39, 0.29) is 28.6 Å². The second-order valence-electron chi connectivity index (χ2n) is 9.11. The van der Waals surface area contributed by atoms with Crippen molar-refractivity contribution in [1.29, 1.82) is 0 Å². The van der Waals surface area contributed by atoms with E-state index in [9.17, 15) is 37.8 Å². The molecule has 1 atom stereocenters. The average molecular weight is 584 g/mol. The first-order chi connectivity index (χ1) is 19.8. The second-order valence-corrected chi connectivity index (χ2v) is 9.11. The molecule has 8 nitrogen and oxygen atoms in total. The molecule has 0 aliphatic heterocycles. The number of benzene rings is 3. The topological polar surface area (TPSA) is 122 Å². The fourth-order valence-corrected chi connectivity index (χ4v) is 4.09. The first-order valence-electron chi connectivity index (χ1n) is 12.5. The molecule has 220 valence electrons. The maximum absolute atomic E-state index is 13.6. The Morgan fingerprint density at radius 1 is 0.786 bits per heavy atom. The minimum Gasteiger partial charge on any atom is -0.504 e. The molecule has 11 heteroatoms. The van der Waals surface area contributed by atoms with E-state index in [4.69, 9.17) is 9.47 Å². The number of methoxy groups -OCH3 is 2. The number of aromatic hydroxyl groups is 2. The highest BCUT2D eigenvalue weighted by Gasteiger charge is 2.35. The molecular weight excluding hydrogens is 555 g/mol. The lowest BCUT2D eigenvalue weighted by Crippen LogP contribution is -2.39. The molecule has 0 radical (unpaired) electrons. The molecule has 0 aliphatic rings. The van der Waals surface area contributed by atoms with E-state index in [1.807, 2.05) is 0 Å². The third-order valence-corrected chi connectivity index (χ3v) is 6.19. The van der Waals surface area contributed by atoms with Gasteiger partial charge in [-0.3, -0.25) is 14.4 Å². The highest BCUT2D eigenvalue weighted by Crippen LogP contribution is 2.33. The SMILES string of the molecule is COc1cc(/C=C/C(=O)C(C(=O)/C=C/c2ccc(O)c(OC)c2)C(NC(C)=O)c2ccc(C(F)(F)F)cc2)ccc1O. The molecule has 3 aromatic rings. The van der Waals surface area contributed by atoms with Crippen LogP contribution in [0, 0.1) is 5.92 Å². The zero-order chi connectivity index (χ0) is 31.0. The highest BCUT2D eigenvalue weighted by molar-refractivity contribution is 6.14. The molecule has 0 bridgehead atoms. The summed E-state index contributed by atoms with van der Waals surface area (Å²) in [5.74, 6) is -3.66. The van der Waals surface area contributed by atoms with Crippen LogP contribution in [0.5, 0.6) is 23.0 Å². The van der Waals surface area contributed by atoms with Crippen LogP contribution < -0.4 is 14.8 Å². The Bertz CT molecular complexity index is 1440. The molecule has 3 N–H and O–H groups in total. The van der Waals surface area contributed by atoms with Gasteiger partial charge in [-0.05, 0) is 65.2 Å². The van der Waals surface area contributed by atoms with Crippen molar-refractivity contribution in [2.24, 2.45) is 5.92 Å². The molecule has 0 spiro atoms. The van der Waals surface area contributed by atoms with Crippen molar-refractivity contribution in [3.63, 3.8) is 0 Å². The van der Waals surface area contributed by atoms with E-state index in [1.54, 1.807) is 0 Å². The first-order valence-corrected chi connectivity index (χ1v) is 12.5. The zero-order valence-electron chi connectivity index (χ0n) is 22.8. The number of amides is 1. The number of nitrogens with one attached hydrogen (secondary N) is 1. The largest absolute Gasteiger partial charge is 0.504 e. The summed E-state index contributed by atoms with van der Waals surface area (Å²) < 4.78 is 49.7. The zero-order valence-corrected chi connectivity index (χ0v) is 22.8. The summed E-state index contributed by atoms with van der Waals surface area (Å²) in [6, 6.07) is 11.1.